The zero-order chi connectivity index (χ0) is 25.9. The van der Waals surface area contributed by atoms with Crippen molar-refractivity contribution in [2.75, 3.05) is 13.1 Å². The lowest BCUT2D eigenvalue weighted by atomic mass is 9.89. The Bertz CT molecular complexity index is 1230. The minimum atomic E-state index is -3.73. The highest BCUT2D eigenvalue weighted by molar-refractivity contribution is 7.89. The van der Waals surface area contributed by atoms with Crippen molar-refractivity contribution in [2.45, 2.75) is 67.8 Å². The van der Waals surface area contributed by atoms with Gasteiger partial charge in [-0.1, -0.05) is 35.5 Å². The molecule has 2 aromatic rings. The predicted octanol–water partition coefficient (Wildman–Crippen LogP) is 3.95. The standard InChI is InChI=1S/C26H30FN3O6S/c27-20-9-11-21(12-10-20)37(32,33)30-15-13-26(14-16-30)17-24(29-36-26)35-25(31)28-22-7-4-8-23(22)34-18-19-5-2-1-3-6-19/h1-3,5-6,9-12,22-23H,4,7-8,13-18H2,(H,28,31). The second-order valence-corrected chi connectivity index (χ2v) is 11.6. The topological polar surface area (TPSA) is 107 Å². The molecule has 3 aliphatic rings. The van der Waals surface area contributed by atoms with Crippen molar-refractivity contribution >= 4 is 22.0 Å². The second-order valence-electron chi connectivity index (χ2n) is 9.70. The third-order valence-corrected chi connectivity index (χ3v) is 9.09. The maximum Gasteiger partial charge on any atom is 0.414 e. The van der Waals surface area contributed by atoms with Crippen LogP contribution in [-0.4, -0.2) is 55.6 Å². The monoisotopic (exact) mass is 531 g/mol. The average Bonchev–Trinajstić information content (AvgIpc) is 3.50. The molecule has 1 amide bonds. The third kappa shape index (κ3) is 5.94. The molecule has 0 bridgehead atoms. The highest BCUT2D eigenvalue weighted by atomic mass is 32.2. The molecule has 2 unspecified atom stereocenters. The minimum Gasteiger partial charge on any atom is -0.392 e. The molecule has 2 atom stereocenters. The van der Waals surface area contributed by atoms with E-state index in [-0.39, 0.29) is 42.4 Å². The van der Waals surface area contributed by atoms with Gasteiger partial charge in [0.25, 0.3) is 0 Å². The summed E-state index contributed by atoms with van der Waals surface area (Å²) in [6, 6.07) is 14.5. The second kappa shape index (κ2) is 10.8. The van der Waals surface area contributed by atoms with E-state index in [4.69, 9.17) is 14.3 Å². The van der Waals surface area contributed by atoms with E-state index >= 15 is 0 Å². The highest BCUT2D eigenvalue weighted by Gasteiger charge is 2.46. The number of nitrogens with one attached hydrogen (secondary N) is 1. The fourth-order valence-electron chi connectivity index (χ4n) is 5.06. The van der Waals surface area contributed by atoms with Crippen LogP contribution in [0.15, 0.2) is 64.6 Å². The quantitative estimate of drug-likeness (QED) is 0.605. The Balaban J connectivity index is 1.09. The van der Waals surface area contributed by atoms with Crippen LogP contribution < -0.4 is 5.32 Å². The first kappa shape index (κ1) is 25.6. The van der Waals surface area contributed by atoms with Gasteiger partial charge in [-0.3, -0.25) is 0 Å². The average molecular weight is 532 g/mol. The number of alkyl carbamates (subject to hydrolysis) is 1. The van der Waals surface area contributed by atoms with Gasteiger partial charge in [-0.05, 0) is 49.1 Å². The molecule has 1 N–H and O–H groups in total. The molecule has 11 heteroatoms. The van der Waals surface area contributed by atoms with Gasteiger partial charge in [0.15, 0.2) is 0 Å². The summed E-state index contributed by atoms with van der Waals surface area (Å²) in [4.78, 5) is 18.3. The smallest absolute Gasteiger partial charge is 0.392 e. The van der Waals surface area contributed by atoms with Crippen LogP contribution in [0, 0.1) is 5.82 Å². The van der Waals surface area contributed by atoms with Crippen molar-refractivity contribution in [3.05, 3.63) is 66.0 Å². The number of hydrogen-bond acceptors (Lipinski definition) is 7. The van der Waals surface area contributed by atoms with E-state index in [2.05, 4.69) is 10.5 Å². The van der Waals surface area contributed by atoms with Gasteiger partial charge in [0, 0.05) is 25.9 Å². The van der Waals surface area contributed by atoms with Crippen molar-refractivity contribution in [1.29, 1.82) is 0 Å². The Morgan fingerprint density at radius 2 is 1.84 bits per heavy atom. The number of piperidine rings is 1. The number of sulfonamides is 1. The first-order valence-corrected chi connectivity index (χ1v) is 13.9. The van der Waals surface area contributed by atoms with E-state index in [0.717, 1.165) is 37.0 Å². The van der Waals surface area contributed by atoms with Gasteiger partial charge in [-0.2, -0.15) is 4.31 Å². The number of oxime groups is 1. The van der Waals surface area contributed by atoms with Crippen LogP contribution in [0.2, 0.25) is 0 Å². The van der Waals surface area contributed by atoms with E-state index in [1.54, 1.807) is 0 Å². The molecule has 1 saturated carbocycles. The molecular weight excluding hydrogens is 501 g/mol. The molecule has 2 heterocycles. The Labute approximate surface area is 215 Å². The molecular formula is C26H30FN3O6S. The molecule has 2 fully saturated rings. The van der Waals surface area contributed by atoms with Gasteiger partial charge in [-0.15, -0.1) is 0 Å². The summed E-state index contributed by atoms with van der Waals surface area (Å²) in [7, 11) is -3.73. The molecule has 2 aliphatic heterocycles. The van der Waals surface area contributed by atoms with Crippen molar-refractivity contribution in [3.63, 3.8) is 0 Å². The normalized spacial score (nSPS) is 23.4. The fourth-order valence-corrected chi connectivity index (χ4v) is 6.50. The molecule has 37 heavy (non-hydrogen) atoms. The molecule has 5 rings (SSSR count). The van der Waals surface area contributed by atoms with Crippen molar-refractivity contribution in [2.24, 2.45) is 5.16 Å². The van der Waals surface area contributed by atoms with Crippen molar-refractivity contribution < 1.29 is 31.9 Å². The number of rotatable bonds is 6. The lowest BCUT2D eigenvalue weighted by Crippen LogP contribution is -2.47. The van der Waals surface area contributed by atoms with E-state index in [1.807, 2.05) is 30.3 Å². The zero-order valence-electron chi connectivity index (χ0n) is 20.3. The first-order valence-electron chi connectivity index (χ1n) is 12.5. The molecule has 1 saturated heterocycles. The highest BCUT2D eigenvalue weighted by Crippen LogP contribution is 2.36. The largest absolute Gasteiger partial charge is 0.414 e. The summed E-state index contributed by atoms with van der Waals surface area (Å²) in [5.41, 5.74) is 0.369. The number of benzene rings is 2. The van der Waals surface area contributed by atoms with Crippen LogP contribution in [0.5, 0.6) is 0 Å². The number of carbonyl (C=O) groups is 1. The van der Waals surface area contributed by atoms with Crippen LogP contribution in [-0.2, 0) is 30.9 Å². The Morgan fingerprint density at radius 1 is 1.11 bits per heavy atom. The molecule has 0 radical (unpaired) electrons. The molecule has 1 spiro atoms. The number of hydrogen-bond donors (Lipinski definition) is 1. The minimum absolute atomic E-state index is 0.0482. The first-order chi connectivity index (χ1) is 17.8. The fraction of sp³-hybridized carbons (Fsp3) is 0.462. The Kier molecular flexibility index (Phi) is 7.45. The molecule has 198 valence electrons. The number of nitrogens with zero attached hydrogens (tertiary/aromatic N) is 2. The van der Waals surface area contributed by atoms with Gasteiger partial charge in [0.2, 0.25) is 15.9 Å². The zero-order valence-corrected chi connectivity index (χ0v) is 21.2. The van der Waals surface area contributed by atoms with Crippen LogP contribution >= 0.6 is 0 Å². The summed E-state index contributed by atoms with van der Waals surface area (Å²) < 4.78 is 51.8. The van der Waals surface area contributed by atoms with Gasteiger partial charge >= 0.3 is 6.09 Å². The van der Waals surface area contributed by atoms with Crippen molar-refractivity contribution in [3.8, 4) is 0 Å². The number of ether oxygens (including phenoxy) is 2. The Hall–Kier alpha value is -3.02. The maximum absolute atomic E-state index is 13.2. The number of halogens is 1. The van der Waals surface area contributed by atoms with Crippen LogP contribution in [0.1, 0.15) is 44.1 Å². The van der Waals surface area contributed by atoms with Gasteiger partial charge in [-0.25, -0.2) is 17.6 Å². The Morgan fingerprint density at radius 3 is 2.57 bits per heavy atom. The van der Waals surface area contributed by atoms with Crippen LogP contribution in [0.25, 0.3) is 0 Å². The molecule has 2 aromatic carbocycles. The summed E-state index contributed by atoms with van der Waals surface area (Å²) in [5, 5.41) is 6.87. The summed E-state index contributed by atoms with van der Waals surface area (Å²) in [6.45, 7) is 0.921. The van der Waals surface area contributed by atoms with Gasteiger partial charge < -0.3 is 19.6 Å². The summed E-state index contributed by atoms with van der Waals surface area (Å²) in [5.74, 6) is -0.320. The lowest BCUT2D eigenvalue weighted by Gasteiger charge is -2.36. The van der Waals surface area contributed by atoms with Crippen molar-refractivity contribution in [1.82, 2.24) is 9.62 Å². The number of amides is 1. The van der Waals surface area contributed by atoms with E-state index in [9.17, 15) is 17.6 Å². The van der Waals surface area contributed by atoms with Crippen LogP contribution in [0.3, 0.4) is 0 Å². The molecule has 9 nitrogen and oxygen atoms in total. The van der Waals surface area contributed by atoms with Gasteiger partial charge in [0.1, 0.15) is 11.4 Å². The van der Waals surface area contributed by atoms with Gasteiger partial charge in [0.05, 0.1) is 30.1 Å². The summed E-state index contributed by atoms with van der Waals surface area (Å²) >= 11 is 0. The van der Waals surface area contributed by atoms with E-state index in [0.29, 0.717) is 19.4 Å². The molecule has 1 aliphatic carbocycles. The van der Waals surface area contributed by atoms with E-state index < -0.39 is 27.5 Å². The number of carbonyl (C=O) groups excluding carboxylic acids is 1. The predicted molar refractivity (Wildman–Crippen MR) is 133 cm³/mol. The van der Waals surface area contributed by atoms with E-state index in [1.165, 1.54) is 16.4 Å². The summed E-state index contributed by atoms with van der Waals surface area (Å²) in [6.07, 6.45) is 3.00. The molecule has 0 aromatic heterocycles. The maximum atomic E-state index is 13.2. The third-order valence-electron chi connectivity index (χ3n) is 7.17. The SMILES string of the molecule is O=C(NC1CCCC1OCc1ccccc1)OC1=NOC2(CCN(S(=O)(=O)c3ccc(F)cc3)CC2)C1. The lowest BCUT2D eigenvalue weighted by molar-refractivity contribution is -0.0506. The van der Waals surface area contributed by atoms with Crippen LogP contribution in [0.4, 0.5) is 9.18 Å².